The number of carbonyl (C=O) groups is 2. The smallest absolute Gasteiger partial charge is 0.242 e. The number of nitrogens with one attached hydrogen (secondary N) is 1. The number of carbonyl (C=O) groups excluding carboxylic acids is 2. The van der Waals surface area contributed by atoms with Crippen LogP contribution in [-0.4, -0.2) is 37.6 Å². The van der Waals surface area contributed by atoms with E-state index in [1.807, 2.05) is 24.3 Å². The van der Waals surface area contributed by atoms with Crippen LogP contribution < -0.4 is 10.2 Å². The maximum absolute atomic E-state index is 12.9. The summed E-state index contributed by atoms with van der Waals surface area (Å²) in [6.45, 7) is 5.27. The Balaban J connectivity index is 1.66. The molecule has 1 N–H and O–H groups in total. The lowest BCUT2D eigenvalue weighted by Gasteiger charge is -2.29. The van der Waals surface area contributed by atoms with Crippen LogP contribution in [0.1, 0.15) is 32.3 Å². The van der Waals surface area contributed by atoms with Gasteiger partial charge in [0.1, 0.15) is 5.41 Å². The van der Waals surface area contributed by atoms with Crippen LogP contribution >= 0.6 is 0 Å². The van der Waals surface area contributed by atoms with Gasteiger partial charge in [-0.05, 0) is 44.7 Å². The minimum atomic E-state index is -1.09. The summed E-state index contributed by atoms with van der Waals surface area (Å²) in [4.78, 5) is 27.2. The molecule has 124 valence electrons. The Bertz CT molecular complexity index is 606. The first-order valence-corrected chi connectivity index (χ1v) is 8.30. The summed E-state index contributed by atoms with van der Waals surface area (Å²) in [7, 11) is 0. The van der Waals surface area contributed by atoms with E-state index in [0.29, 0.717) is 13.1 Å². The Morgan fingerprint density at radius 1 is 1.35 bits per heavy atom. The molecule has 0 saturated carbocycles. The standard InChI is InChI=1S/C18H24N2O3/c1-18(2,16(21)19-12-14-7-5-11-23-14)17(22)20-10-9-13-6-3-4-8-15(13)20/h3-4,6,8,14H,5,7,9-12H2,1-2H3,(H,19,21). The largest absolute Gasteiger partial charge is 0.376 e. The van der Waals surface area contributed by atoms with E-state index in [1.165, 1.54) is 0 Å². The summed E-state index contributed by atoms with van der Waals surface area (Å²) < 4.78 is 5.51. The van der Waals surface area contributed by atoms with Gasteiger partial charge in [0.05, 0.1) is 6.10 Å². The van der Waals surface area contributed by atoms with Crippen molar-refractivity contribution >= 4 is 17.5 Å². The summed E-state index contributed by atoms with van der Waals surface area (Å²) in [6, 6.07) is 7.88. The highest BCUT2D eigenvalue weighted by Gasteiger charge is 2.41. The van der Waals surface area contributed by atoms with Crippen molar-refractivity contribution in [3.63, 3.8) is 0 Å². The first-order chi connectivity index (χ1) is 11.0. The molecule has 1 saturated heterocycles. The highest BCUT2D eigenvalue weighted by molar-refractivity contribution is 6.11. The molecule has 5 heteroatoms. The molecule has 0 bridgehead atoms. The van der Waals surface area contributed by atoms with E-state index in [0.717, 1.165) is 37.1 Å². The van der Waals surface area contributed by atoms with E-state index < -0.39 is 5.41 Å². The Labute approximate surface area is 137 Å². The maximum Gasteiger partial charge on any atom is 0.242 e. The minimum Gasteiger partial charge on any atom is -0.376 e. The molecule has 1 fully saturated rings. The van der Waals surface area contributed by atoms with Gasteiger partial charge in [-0.15, -0.1) is 0 Å². The maximum atomic E-state index is 12.9. The second kappa shape index (κ2) is 6.32. The highest BCUT2D eigenvalue weighted by Crippen LogP contribution is 2.31. The number of hydrogen-bond donors (Lipinski definition) is 1. The van der Waals surface area contributed by atoms with Crippen LogP contribution in [0, 0.1) is 5.41 Å². The molecular formula is C18H24N2O3. The lowest BCUT2D eigenvalue weighted by atomic mass is 9.90. The van der Waals surface area contributed by atoms with Gasteiger partial charge in [-0.1, -0.05) is 18.2 Å². The van der Waals surface area contributed by atoms with Crippen molar-refractivity contribution in [2.75, 3.05) is 24.6 Å². The van der Waals surface area contributed by atoms with E-state index in [-0.39, 0.29) is 17.9 Å². The average Bonchev–Trinajstić information content (AvgIpc) is 3.21. The minimum absolute atomic E-state index is 0.0809. The fourth-order valence-electron chi connectivity index (χ4n) is 3.22. The van der Waals surface area contributed by atoms with Gasteiger partial charge >= 0.3 is 0 Å². The van der Waals surface area contributed by atoms with Crippen LogP contribution in [0.15, 0.2) is 24.3 Å². The SMILES string of the molecule is CC(C)(C(=O)NCC1CCCO1)C(=O)N1CCc2ccccc21. The molecule has 2 aliphatic heterocycles. The third-order valence-electron chi connectivity index (χ3n) is 4.75. The van der Waals surface area contributed by atoms with Gasteiger partial charge < -0.3 is 15.0 Å². The third kappa shape index (κ3) is 3.11. The molecule has 1 atom stereocenters. The number of rotatable bonds is 4. The Morgan fingerprint density at radius 2 is 2.13 bits per heavy atom. The van der Waals surface area contributed by atoms with Crippen LogP contribution in [0.3, 0.4) is 0 Å². The second-order valence-corrected chi connectivity index (χ2v) is 6.81. The van der Waals surface area contributed by atoms with Crippen molar-refractivity contribution in [1.29, 1.82) is 0 Å². The Hall–Kier alpha value is -1.88. The second-order valence-electron chi connectivity index (χ2n) is 6.81. The molecule has 0 aliphatic carbocycles. The van der Waals surface area contributed by atoms with E-state index in [4.69, 9.17) is 4.74 Å². The average molecular weight is 316 g/mol. The Morgan fingerprint density at radius 3 is 2.87 bits per heavy atom. The van der Waals surface area contributed by atoms with Gasteiger partial charge in [-0.2, -0.15) is 0 Å². The predicted octanol–water partition coefficient (Wildman–Crippen LogP) is 1.90. The number of anilines is 1. The number of ether oxygens (including phenoxy) is 1. The lowest BCUT2D eigenvalue weighted by molar-refractivity contribution is -0.140. The topological polar surface area (TPSA) is 58.6 Å². The van der Waals surface area contributed by atoms with Crippen LogP contribution in [0.2, 0.25) is 0 Å². The quantitative estimate of drug-likeness (QED) is 0.863. The highest BCUT2D eigenvalue weighted by atomic mass is 16.5. The molecule has 3 rings (SSSR count). The first kappa shape index (κ1) is 16.0. The summed E-state index contributed by atoms with van der Waals surface area (Å²) in [5.74, 6) is -0.380. The summed E-state index contributed by atoms with van der Waals surface area (Å²) in [5, 5.41) is 2.88. The molecule has 2 heterocycles. The molecule has 5 nitrogen and oxygen atoms in total. The molecule has 2 amide bonds. The van der Waals surface area contributed by atoms with E-state index in [1.54, 1.807) is 18.7 Å². The van der Waals surface area contributed by atoms with E-state index in [2.05, 4.69) is 5.32 Å². The first-order valence-electron chi connectivity index (χ1n) is 8.30. The van der Waals surface area contributed by atoms with Crippen LogP contribution in [0.5, 0.6) is 0 Å². The molecule has 2 aliphatic rings. The number of para-hydroxylation sites is 1. The van der Waals surface area contributed by atoms with Crippen molar-refractivity contribution in [2.45, 2.75) is 39.2 Å². The van der Waals surface area contributed by atoms with E-state index in [9.17, 15) is 9.59 Å². The molecular weight excluding hydrogens is 292 g/mol. The third-order valence-corrected chi connectivity index (χ3v) is 4.75. The summed E-state index contributed by atoms with van der Waals surface area (Å²) in [6.07, 6.45) is 2.93. The number of fused-ring (bicyclic) bond motifs is 1. The van der Waals surface area contributed by atoms with Gasteiger partial charge in [0.2, 0.25) is 11.8 Å². The molecule has 0 radical (unpaired) electrons. The van der Waals surface area contributed by atoms with Gasteiger partial charge in [-0.3, -0.25) is 9.59 Å². The van der Waals surface area contributed by atoms with Crippen molar-refractivity contribution in [1.82, 2.24) is 5.32 Å². The number of nitrogens with zero attached hydrogens (tertiary/aromatic N) is 1. The van der Waals surface area contributed by atoms with Gasteiger partial charge in [0.25, 0.3) is 0 Å². The van der Waals surface area contributed by atoms with Crippen LogP contribution in [0.25, 0.3) is 0 Å². The van der Waals surface area contributed by atoms with Crippen molar-refractivity contribution < 1.29 is 14.3 Å². The van der Waals surface area contributed by atoms with Crippen molar-refractivity contribution in [3.05, 3.63) is 29.8 Å². The van der Waals surface area contributed by atoms with Gasteiger partial charge in [-0.25, -0.2) is 0 Å². The fourth-order valence-corrected chi connectivity index (χ4v) is 3.22. The zero-order chi connectivity index (χ0) is 16.4. The zero-order valence-corrected chi connectivity index (χ0v) is 13.8. The predicted molar refractivity (Wildman–Crippen MR) is 88.3 cm³/mol. The molecule has 0 aromatic heterocycles. The number of amides is 2. The lowest BCUT2D eigenvalue weighted by Crippen LogP contribution is -2.50. The normalized spacial score (nSPS) is 20.4. The van der Waals surface area contributed by atoms with Crippen LogP contribution in [0.4, 0.5) is 5.69 Å². The molecule has 1 aromatic rings. The molecule has 1 unspecified atom stereocenters. The fraction of sp³-hybridized carbons (Fsp3) is 0.556. The van der Waals surface area contributed by atoms with Crippen molar-refractivity contribution in [3.8, 4) is 0 Å². The molecule has 1 aromatic carbocycles. The van der Waals surface area contributed by atoms with E-state index >= 15 is 0 Å². The number of benzene rings is 1. The summed E-state index contributed by atoms with van der Waals surface area (Å²) in [5.41, 5.74) is 1.00. The molecule has 0 spiro atoms. The van der Waals surface area contributed by atoms with Crippen molar-refractivity contribution in [2.24, 2.45) is 5.41 Å². The van der Waals surface area contributed by atoms with Gasteiger partial charge in [0, 0.05) is 25.4 Å². The summed E-state index contributed by atoms with van der Waals surface area (Å²) >= 11 is 0. The molecule has 23 heavy (non-hydrogen) atoms. The number of hydrogen-bond acceptors (Lipinski definition) is 3. The van der Waals surface area contributed by atoms with Gasteiger partial charge in [0.15, 0.2) is 0 Å². The Kier molecular flexibility index (Phi) is 4.39. The van der Waals surface area contributed by atoms with Crippen LogP contribution in [-0.2, 0) is 20.7 Å². The zero-order valence-electron chi connectivity index (χ0n) is 13.8. The monoisotopic (exact) mass is 316 g/mol.